The van der Waals surface area contributed by atoms with Crippen LogP contribution in [-0.4, -0.2) is 42.1 Å². The van der Waals surface area contributed by atoms with Crippen LogP contribution in [0.5, 0.6) is 0 Å². The molecular formula is C12H15F3N2O4. The SMILES string of the molecule is CCOC(=O)C(N)C(=O)N(Cc1ccco1)CC(F)(F)F. The van der Waals surface area contributed by atoms with E-state index in [4.69, 9.17) is 10.2 Å². The van der Waals surface area contributed by atoms with Gasteiger partial charge in [0.1, 0.15) is 12.3 Å². The van der Waals surface area contributed by atoms with Gasteiger partial charge in [-0.3, -0.25) is 4.79 Å². The van der Waals surface area contributed by atoms with Crippen molar-refractivity contribution in [3.05, 3.63) is 24.2 Å². The van der Waals surface area contributed by atoms with Crippen molar-refractivity contribution in [1.29, 1.82) is 0 Å². The molecule has 118 valence electrons. The highest BCUT2D eigenvalue weighted by Gasteiger charge is 2.37. The van der Waals surface area contributed by atoms with Gasteiger partial charge in [-0.15, -0.1) is 0 Å². The summed E-state index contributed by atoms with van der Waals surface area (Å²) in [6.45, 7) is -0.527. The second-order valence-corrected chi connectivity index (χ2v) is 4.12. The van der Waals surface area contributed by atoms with Crippen LogP contribution >= 0.6 is 0 Å². The number of alkyl halides is 3. The number of nitrogens with two attached hydrogens (primary N) is 1. The Balaban J connectivity index is 2.84. The molecule has 1 aromatic rings. The van der Waals surface area contributed by atoms with Crippen LogP contribution in [-0.2, 0) is 20.9 Å². The summed E-state index contributed by atoms with van der Waals surface area (Å²) < 4.78 is 47.0. The zero-order valence-electron chi connectivity index (χ0n) is 11.2. The van der Waals surface area contributed by atoms with E-state index in [1.54, 1.807) is 0 Å². The van der Waals surface area contributed by atoms with Crippen molar-refractivity contribution in [2.75, 3.05) is 13.2 Å². The molecule has 0 fully saturated rings. The number of carbonyl (C=O) groups is 2. The number of ether oxygens (including phenoxy) is 1. The normalized spacial score (nSPS) is 12.8. The molecule has 1 heterocycles. The van der Waals surface area contributed by atoms with Crippen molar-refractivity contribution in [3.63, 3.8) is 0 Å². The largest absolute Gasteiger partial charge is 0.467 e. The molecule has 1 amide bonds. The van der Waals surface area contributed by atoms with Gasteiger partial charge in [-0.1, -0.05) is 0 Å². The van der Waals surface area contributed by atoms with E-state index in [9.17, 15) is 22.8 Å². The van der Waals surface area contributed by atoms with Crippen LogP contribution in [0.25, 0.3) is 0 Å². The Labute approximate surface area is 118 Å². The first kappa shape index (κ1) is 17.0. The van der Waals surface area contributed by atoms with Gasteiger partial charge >= 0.3 is 12.1 Å². The molecule has 0 aliphatic carbocycles. The molecule has 0 saturated heterocycles. The van der Waals surface area contributed by atoms with Gasteiger partial charge in [0.2, 0.25) is 0 Å². The Kier molecular flexibility index (Phi) is 5.77. The average molecular weight is 308 g/mol. The molecule has 1 rings (SSSR count). The Hall–Kier alpha value is -2.03. The Morgan fingerprint density at radius 2 is 2.14 bits per heavy atom. The van der Waals surface area contributed by atoms with Gasteiger partial charge in [-0.25, -0.2) is 4.79 Å². The third-order valence-electron chi connectivity index (χ3n) is 2.42. The summed E-state index contributed by atoms with van der Waals surface area (Å²) in [7, 11) is 0. The lowest BCUT2D eigenvalue weighted by Crippen LogP contribution is -2.51. The number of furan rings is 1. The van der Waals surface area contributed by atoms with Gasteiger partial charge in [-0.05, 0) is 19.1 Å². The van der Waals surface area contributed by atoms with E-state index in [0.29, 0.717) is 4.90 Å². The highest BCUT2D eigenvalue weighted by atomic mass is 19.4. The van der Waals surface area contributed by atoms with Gasteiger partial charge in [0.25, 0.3) is 5.91 Å². The fourth-order valence-electron chi connectivity index (χ4n) is 1.55. The predicted molar refractivity (Wildman–Crippen MR) is 64.8 cm³/mol. The summed E-state index contributed by atoms with van der Waals surface area (Å²) in [5.74, 6) is -2.11. The maximum Gasteiger partial charge on any atom is 0.406 e. The van der Waals surface area contributed by atoms with Crippen molar-refractivity contribution < 1.29 is 31.9 Å². The number of esters is 1. The zero-order valence-corrected chi connectivity index (χ0v) is 11.2. The van der Waals surface area contributed by atoms with Crippen molar-refractivity contribution in [3.8, 4) is 0 Å². The van der Waals surface area contributed by atoms with E-state index in [1.165, 1.54) is 25.3 Å². The summed E-state index contributed by atoms with van der Waals surface area (Å²) in [6, 6.07) is 1.07. The van der Waals surface area contributed by atoms with Gasteiger partial charge in [-0.2, -0.15) is 13.2 Å². The van der Waals surface area contributed by atoms with E-state index in [-0.39, 0.29) is 12.4 Å². The third kappa shape index (κ3) is 5.46. The minimum Gasteiger partial charge on any atom is -0.467 e. The predicted octanol–water partition coefficient (Wildman–Crippen LogP) is 1.06. The molecule has 1 aromatic heterocycles. The quantitative estimate of drug-likeness (QED) is 0.627. The molecule has 9 heteroatoms. The fourth-order valence-corrected chi connectivity index (χ4v) is 1.55. The van der Waals surface area contributed by atoms with E-state index >= 15 is 0 Å². The molecule has 2 N–H and O–H groups in total. The highest BCUT2D eigenvalue weighted by Crippen LogP contribution is 2.19. The van der Waals surface area contributed by atoms with E-state index in [1.807, 2.05) is 0 Å². The van der Waals surface area contributed by atoms with E-state index < -0.39 is 37.2 Å². The van der Waals surface area contributed by atoms with Crippen LogP contribution in [0.1, 0.15) is 12.7 Å². The number of nitrogens with zero attached hydrogens (tertiary/aromatic N) is 1. The number of halogens is 3. The van der Waals surface area contributed by atoms with Crippen LogP contribution in [0.4, 0.5) is 13.2 Å². The summed E-state index contributed by atoms with van der Waals surface area (Å²) in [4.78, 5) is 23.7. The average Bonchev–Trinajstić information content (AvgIpc) is 2.87. The van der Waals surface area contributed by atoms with Crippen molar-refractivity contribution in [2.24, 2.45) is 5.73 Å². The van der Waals surface area contributed by atoms with Crippen LogP contribution in [0, 0.1) is 0 Å². The van der Waals surface area contributed by atoms with Crippen LogP contribution in [0.3, 0.4) is 0 Å². The highest BCUT2D eigenvalue weighted by molar-refractivity contribution is 6.01. The second kappa shape index (κ2) is 7.11. The van der Waals surface area contributed by atoms with Gasteiger partial charge < -0.3 is 19.8 Å². The van der Waals surface area contributed by atoms with Crippen molar-refractivity contribution >= 4 is 11.9 Å². The van der Waals surface area contributed by atoms with Gasteiger partial charge in [0, 0.05) is 0 Å². The first-order valence-corrected chi connectivity index (χ1v) is 6.04. The van der Waals surface area contributed by atoms with Gasteiger partial charge in [0.15, 0.2) is 6.04 Å². The van der Waals surface area contributed by atoms with Gasteiger partial charge in [0.05, 0.1) is 19.4 Å². The Morgan fingerprint density at radius 3 is 2.62 bits per heavy atom. The Morgan fingerprint density at radius 1 is 1.48 bits per heavy atom. The molecule has 0 aliphatic rings. The lowest BCUT2D eigenvalue weighted by Gasteiger charge is -2.25. The van der Waals surface area contributed by atoms with Crippen LogP contribution in [0.15, 0.2) is 22.8 Å². The fraction of sp³-hybridized carbons (Fsp3) is 0.500. The maximum atomic E-state index is 12.5. The smallest absolute Gasteiger partial charge is 0.406 e. The Bertz CT molecular complexity index is 473. The lowest BCUT2D eigenvalue weighted by atomic mass is 10.2. The first-order valence-electron chi connectivity index (χ1n) is 6.04. The lowest BCUT2D eigenvalue weighted by molar-refractivity contribution is -0.167. The topological polar surface area (TPSA) is 85.8 Å². The van der Waals surface area contributed by atoms with Crippen molar-refractivity contribution in [2.45, 2.75) is 25.7 Å². The number of carbonyl (C=O) groups excluding carboxylic acids is 2. The second-order valence-electron chi connectivity index (χ2n) is 4.12. The molecule has 6 nitrogen and oxygen atoms in total. The third-order valence-corrected chi connectivity index (χ3v) is 2.42. The van der Waals surface area contributed by atoms with E-state index in [2.05, 4.69) is 4.74 Å². The standard InChI is InChI=1S/C12H15F3N2O4/c1-2-20-11(19)9(16)10(18)17(7-12(13,14)15)6-8-4-3-5-21-8/h3-5,9H,2,6-7,16H2,1H3. The summed E-state index contributed by atoms with van der Waals surface area (Å²) >= 11 is 0. The van der Waals surface area contributed by atoms with Crippen LogP contribution in [0.2, 0.25) is 0 Å². The monoisotopic (exact) mass is 308 g/mol. The maximum absolute atomic E-state index is 12.5. The molecule has 0 spiro atoms. The molecule has 0 aliphatic heterocycles. The van der Waals surface area contributed by atoms with Crippen molar-refractivity contribution in [1.82, 2.24) is 4.90 Å². The molecular weight excluding hydrogens is 293 g/mol. The molecule has 0 radical (unpaired) electrons. The van der Waals surface area contributed by atoms with E-state index in [0.717, 1.165) is 0 Å². The molecule has 1 atom stereocenters. The van der Waals surface area contributed by atoms with Crippen LogP contribution < -0.4 is 5.73 Å². The molecule has 0 bridgehead atoms. The summed E-state index contributed by atoms with van der Waals surface area (Å²) in [5.41, 5.74) is 5.33. The summed E-state index contributed by atoms with van der Waals surface area (Å²) in [6.07, 6.45) is -3.37. The number of rotatable bonds is 6. The number of amides is 1. The molecule has 1 unspecified atom stereocenters. The first-order chi connectivity index (χ1) is 9.74. The minimum atomic E-state index is -4.63. The molecule has 0 saturated carbocycles. The minimum absolute atomic E-state index is 0.0305. The summed E-state index contributed by atoms with van der Waals surface area (Å²) in [5, 5.41) is 0. The zero-order chi connectivity index (χ0) is 16.0. The number of hydrogen-bond acceptors (Lipinski definition) is 5. The molecule has 0 aromatic carbocycles. The number of hydrogen-bond donors (Lipinski definition) is 1. The molecule has 21 heavy (non-hydrogen) atoms.